The SMILES string of the molecule is Cc1ccc2c(ccn2CCCCCCN2C(=O)c3ccccc3C2O)c1. The molecule has 1 N–H and O–H groups in total. The lowest BCUT2D eigenvalue weighted by Crippen LogP contribution is -2.28. The Morgan fingerprint density at radius 3 is 2.56 bits per heavy atom. The highest BCUT2D eigenvalue weighted by atomic mass is 16.3. The molecule has 1 aromatic heterocycles. The topological polar surface area (TPSA) is 45.5 Å². The largest absolute Gasteiger partial charge is 0.369 e. The molecule has 4 nitrogen and oxygen atoms in total. The maximum Gasteiger partial charge on any atom is 0.256 e. The third-order valence-corrected chi connectivity index (χ3v) is 5.50. The number of hydrogen-bond acceptors (Lipinski definition) is 2. The predicted octanol–water partition coefficient (Wildman–Crippen LogP) is 4.66. The van der Waals surface area contributed by atoms with E-state index >= 15 is 0 Å². The van der Waals surface area contributed by atoms with Gasteiger partial charge in [-0.2, -0.15) is 0 Å². The highest BCUT2D eigenvalue weighted by molar-refractivity contribution is 5.98. The predicted molar refractivity (Wildman–Crippen MR) is 108 cm³/mol. The number of hydrogen-bond donors (Lipinski definition) is 1. The second-order valence-corrected chi connectivity index (χ2v) is 7.45. The van der Waals surface area contributed by atoms with Crippen molar-refractivity contribution in [2.75, 3.05) is 6.54 Å². The highest BCUT2D eigenvalue weighted by Crippen LogP contribution is 2.31. The minimum absolute atomic E-state index is 0.0489. The molecule has 0 aliphatic carbocycles. The monoisotopic (exact) mass is 362 g/mol. The van der Waals surface area contributed by atoms with Crippen LogP contribution in [0.2, 0.25) is 0 Å². The Balaban J connectivity index is 1.23. The number of carbonyl (C=O) groups excluding carboxylic acids is 1. The van der Waals surface area contributed by atoms with E-state index in [1.54, 1.807) is 11.0 Å². The van der Waals surface area contributed by atoms with E-state index in [1.165, 1.54) is 16.5 Å². The van der Waals surface area contributed by atoms with Gasteiger partial charge in [0.2, 0.25) is 0 Å². The summed E-state index contributed by atoms with van der Waals surface area (Å²) in [4.78, 5) is 14.0. The van der Waals surface area contributed by atoms with Crippen molar-refractivity contribution in [1.29, 1.82) is 0 Å². The fourth-order valence-corrected chi connectivity index (χ4v) is 4.01. The normalized spacial score (nSPS) is 16.3. The molecule has 0 fully saturated rings. The smallest absolute Gasteiger partial charge is 0.256 e. The summed E-state index contributed by atoms with van der Waals surface area (Å²) in [5, 5.41) is 11.7. The molecule has 140 valence electrons. The van der Waals surface area contributed by atoms with Crippen molar-refractivity contribution in [3.63, 3.8) is 0 Å². The van der Waals surface area contributed by atoms with Crippen LogP contribution < -0.4 is 0 Å². The van der Waals surface area contributed by atoms with Gasteiger partial charge in [0.1, 0.15) is 0 Å². The van der Waals surface area contributed by atoms with E-state index in [1.807, 2.05) is 18.2 Å². The van der Waals surface area contributed by atoms with Crippen LogP contribution >= 0.6 is 0 Å². The molecule has 4 rings (SSSR count). The molecule has 1 aliphatic rings. The van der Waals surface area contributed by atoms with Crippen LogP contribution in [-0.2, 0) is 6.54 Å². The lowest BCUT2D eigenvalue weighted by atomic mass is 10.1. The van der Waals surface area contributed by atoms with E-state index in [2.05, 4.69) is 42.0 Å². The van der Waals surface area contributed by atoms with E-state index in [4.69, 9.17) is 0 Å². The average Bonchev–Trinajstić information content (AvgIpc) is 3.18. The average molecular weight is 362 g/mol. The number of carbonyl (C=O) groups is 1. The number of aromatic nitrogens is 1. The van der Waals surface area contributed by atoms with Crippen molar-refractivity contribution in [2.45, 2.75) is 45.4 Å². The van der Waals surface area contributed by atoms with Gasteiger partial charge in [0.05, 0.1) is 0 Å². The summed E-state index contributed by atoms with van der Waals surface area (Å²) < 4.78 is 2.32. The van der Waals surface area contributed by atoms with Crippen LogP contribution in [0.15, 0.2) is 54.7 Å². The van der Waals surface area contributed by atoms with Crippen molar-refractivity contribution >= 4 is 16.8 Å². The van der Waals surface area contributed by atoms with Crippen molar-refractivity contribution in [1.82, 2.24) is 9.47 Å². The molecule has 0 spiro atoms. The van der Waals surface area contributed by atoms with Gasteiger partial charge in [-0.3, -0.25) is 4.79 Å². The Morgan fingerprint density at radius 2 is 1.74 bits per heavy atom. The summed E-state index contributed by atoms with van der Waals surface area (Å²) in [7, 11) is 0. The Morgan fingerprint density at radius 1 is 0.963 bits per heavy atom. The van der Waals surface area contributed by atoms with E-state index in [9.17, 15) is 9.90 Å². The summed E-state index contributed by atoms with van der Waals surface area (Å²) in [6.45, 7) is 3.75. The molecule has 1 atom stereocenters. The molecule has 27 heavy (non-hydrogen) atoms. The number of aliphatic hydroxyl groups excluding tert-OH is 1. The van der Waals surface area contributed by atoms with Gasteiger partial charge in [-0.1, -0.05) is 42.7 Å². The summed E-state index contributed by atoms with van der Waals surface area (Å²) >= 11 is 0. The first-order valence-corrected chi connectivity index (χ1v) is 9.78. The van der Waals surface area contributed by atoms with Gasteiger partial charge in [-0.25, -0.2) is 0 Å². The van der Waals surface area contributed by atoms with Gasteiger partial charge in [0.15, 0.2) is 6.23 Å². The Hall–Kier alpha value is -2.59. The van der Waals surface area contributed by atoms with Gasteiger partial charge in [-0.15, -0.1) is 0 Å². The lowest BCUT2D eigenvalue weighted by molar-refractivity contribution is 0.0169. The summed E-state index contributed by atoms with van der Waals surface area (Å²) in [6.07, 6.45) is 5.60. The number of rotatable bonds is 7. The number of aliphatic hydroxyl groups is 1. The van der Waals surface area contributed by atoms with Crippen molar-refractivity contribution in [2.24, 2.45) is 0 Å². The molecular weight excluding hydrogens is 336 g/mol. The van der Waals surface area contributed by atoms with Crippen LogP contribution in [-0.4, -0.2) is 27.0 Å². The molecule has 1 unspecified atom stereocenters. The number of fused-ring (bicyclic) bond motifs is 2. The van der Waals surface area contributed by atoms with Crippen molar-refractivity contribution < 1.29 is 9.90 Å². The van der Waals surface area contributed by atoms with Gasteiger partial charge in [-0.05, 0) is 49.4 Å². The van der Waals surface area contributed by atoms with Crippen molar-refractivity contribution in [3.8, 4) is 0 Å². The molecule has 0 saturated heterocycles. The maximum absolute atomic E-state index is 12.4. The molecule has 0 bridgehead atoms. The zero-order chi connectivity index (χ0) is 18.8. The minimum Gasteiger partial charge on any atom is -0.369 e. The minimum atomic E-state index is -0.789. The second-order valence-electron chi connectivity index (χ2n) is 7.45. The zero-order valence-electron chi connectivity index (χ0n) is 15.8. The third kappa shape index (κ3) is 3.50. The van der Waals surface area contributed by atoms with Crippen LogP contribution in [0.1, 0.15) is 53.4 Å². The van der Waals surface area contributed by atoms with Gasteiger partial charge in [0.25, 0.3) is 5.91 Å². The zero-order valence-corrected chi connectivity index (χ0v) is 15.8. The Labute approximate surface area is 160 Å². The number of benzene rings is 2. The molecule has 1 amide bonds. The first-order chi connectivity index (χ1) is 13.1. The van der Waals surface area contributed by atoms with E-state index in [0.29, 0.717) is 12.1 Å². The second kappa shape index (κ2) is 7.57. The van der Waals surface area contributed by atoms with Crippen LogP contribution in [0.5, 0.6) is 0 Å². The van der Waals surface area contributed by atoms with E-state index in [-0.39, 0.29) is 5.91 Å². The highest BCUT2D eigenvalue weighted by Gasteiger charge is 2.34. The summed E-state index contributed by atoms with van der Waals surface area (Å²) in [6, 6.07) is 16.1. The summed E-state index contributed by atoms with van der Waals surface area (Å²) in [5.41, 5.74) is 3.96. The lowest BCUT2D eigenvalue weighted by Gasteiger charge is -2.20. The number of amides is 1. The molecule has 0 saturated carbocycles. The van der Waals surface area contributed by atoms with Crippen LogP contribution in [0.3, 0.4) is 0 Å². The molecule has 2 aromatic carbocycles. The number of unbranched alkanes of at least 4 members (excludes halogenated alkanes) is 3. The Bertz CT molecular complexity index is 960. The van der Waals surface area contributed by atoms with E-state index in [0.717, 1.165) is 37.8 Å². The quantitative estimate of drug-likeness (QED) is 0.622. The molecule has 2 heterocycles. The number of aryl methyl sites for hydroxylation is 2. The van der Waals surface area contributed by atoms with E-state index < -0.39 is 6.23 Å². The fraction of sp³-hybridized carbons (Fsp3) is 0.348. The van der Waals surface area contributed by atoms with Gasteiger partial charge in [0, 0.05) is 35.9 Å². The fourth-order valence-electron chi connectivity index (χ4n) is 4.01. The molecule has 0 radical (unpaired) electrons. The molecule has 1 aliphatic heterocycles. The van der Waals surface area contributed by atoms with Crippen LogP contribution in [0, 0.1) is 6.92 Å². The Kier molecular flexibility index (Phi) is 4.99. The molecular formula is C23H26N2O2. The molecule has 3 aromatic rings. The van der Waals surface area contributed by atoms with Crippen LogP contribution in [0.4, 0.5) is 0 Å². The van der Waals surface area contributed by atoms with Gasteiger partial charge < -0.3 is 14.6 Å². The maximum atomic E-state index is 12.4. The number of nitrogens with zero attached hydrogens (tertiary/aromatic N) is 2. The van der Waals surface area contributed by atoms with Gasteiger partial charge >= 0.3 is 0 Å². The standard InChI is InChI=1S/C23H26N2O2/c1-17-10-11-21-18(16-17)12-15-24(21)13-6-2-3-7-14-25-22(26)19-8-4-5-9-20(19)23(25)27/h4-5,8-12,15-16,22,26H,2-3,6-7,13-14H2,1H3. The first kappa shape index (κ1) is 17.8. The summed E-state index contributed by atoms with van der Waals surface area (Å²) in [5.74, 6) is -0.0489. The first-order valence-electron chi connectivity index (χ1n) is 9.78. The third-order valence-electron chi connectivity index (χ3n) is 5.50. The van der Waals surface area contributed by atoms with Crippen LogP contribution in [0.25, 0.3) is 10.9 Å². The van der Waals surface area contributed by atoms with Crippen molar-refractivity contribution in [3.05, 3.63) is 71.4 Å². The molecule has 4 heteroatoms.